The zero-order valence-electron chi connectivity index (χ0n) is 19.2. The van der Waals surface area contributed by atoms with Crippen LogP contribution in [0.25, 0.3) is 10.9 Å². The van der Waals surface area contributed by atoms with Crippen LogP contribution in [0.3, 0.4) is 0 Å². The number of imide groups is 1. The highest BCUT2D eigenvalue weighted by Crippen LogP contribution is 2.28. The summed E-state index contributed by atoms with van der Waals surface area (Å²) in [7, 11) is 2.76. The second kappa shape index (κ2) is 8.66. The van der Waals surface area contributed by atoms with E-state index < -0.39 is 23.4 Å². The smallest absolute Gasteiger partial charge is 0.356 e. The molecule has 1 aromatic carbocycles. The average molecular weight is 485 g/mol. The van der Waals surface area contributed by atoms with Crippen molar-refractivity contribution in [3.8, 4) is 17.6 Å². The molecule has 0 saturated carbocycles. The first-order chi connectivity index (χ1) is 17.3. The Kier molecular flexibility index (Phi) is 5.49. The number of rotatable bonds is 4. The van der Waals surface area contributed by atoms with E-state index in [-0.39, 0.29) is 24.7 Å². The molecule has 0 aliphatic carbocycles. The normalized spacial score (nSPS) is 18.3. The summed E-state index contributed by atoms with van der Waals surface area (Å²) in [6.07, 6.45) is 3.00. The van der Waals surface area contributed by atoms with Crippen molar-refractivity contribution in [1.29, 1.82) is 0 Å². The van der Waals surface area contributed by atoms with Crippen molar-refractivity contribution >= 4 is 34.7 Å². The summed E-state index contributed by atoms with van der Waals surface area (Å²) >= 11 is 0. The minimum atomic E-state index is -1.71. The van der Waals surface area contributed by atoms with Crippen molar-refractivity contribution in [2.45, 2.75) is 12.1 Å². The maximum absolute atomic E-state index is 13.1. The minimum Gasteiger partial charge on any atom is -0.497 e. The Bertz CT molecular complexity index is 1520. The second-order valence-corrected chi connectivity index (χ2v) is 8.19. The fraction of sp³-hybridized carbons (Fsp3) is 0.200. The predicted octanol–water partition coefficient (Wildman–Crippen LogP) is 1.01. The fourth-order valence-corrected chi connectivity index (χ4v) is 4.14. The summed E-state index contributed by atoms with van der Waals surface area (Å²) in [4.78, 5) is 59.9. The van der Waals surface area contributed by atoms with Crippen LogP contribution in [-0.4, -0.2) is 65.0 Å². The number of pyridine rings is 2. The highest BCUT2D eigenvalue weighted by atomic mass is 16.5. The zero-order chi connectivity index (χ0) is 25.4. The van der Waals surface area contributed by atoms with Gasteiger partial charge in [0.05, 0.1) is 31.8 Å². The molecule has 0 spiro atoms. The monoisotopic (exact) mass is 485 g/mol. The molecule has 0 radical (unpaired) electrons. The number of amides is 4. The van der Waals surface area contributed by atoms with Gasteiger partial charge in [-0.25, -0.2) is 14.6 Å². The van der Waals surface area contributed by atoms with Crippen LogP contribution in [0.1, 0.15) is 32.0 Å². The molecular weight excluding hydrogens is 466 g/mol. The Balaban J connectivity index is 1.52. The van der Waals surface area contributed by atoms with Crippen molar-refractivity contribution < 1.29 is 28.7 Å². The molecule has 1 atom stereocenters. The van der Waals surface area contributed by atoms with Gasteiger partial charge >= 0.3 is 12.0 Å². The number of hydrogen-bond donors (Lipinski definition) is 2. The molecule has 3 aromatic rings. The highest BCUT2D eigenvalue weighted by Gasteiger charge is 2.48. The van der Waals surface area contributed by atoms with E-state index in [0.29, 0.717) is 27.8 Å². The lowest BCUT2D eigenvalue weighted by Crippen LogP contribution is -2.54. The first-order valence-corrected chi connectivity index (χ1v) is 10.8. The lowest BCUT2D eigenvalue weighted by molar-refractivity contribution is -0.122. The van der Waals surface area contributed by atoms with Crippen LogP contribution < -0.4 is 15.4 Å². The van der Waals surface area contributed by atoms with Crippen LogP contribution in [0.4, 0.5) is 4.79 Å². The van der Waals surface area contributed by atoms with Crippen LogP contribution in [0.5, 0.6) is 5.75 Å². The SMILES string of the molecule is COC(=O)c1ccc2cncc(C#C[C@]3(CN4Cc5ccc(OC)cc5C4=O)NC(=O)NC3=O)c2n1. The third-order valence-corrected chi connectivity index (χ3v) is 5.97. The molecule has 36 heavy (non-hydrogen) atoms. The summed E-state index contributed by atoms with van der Waals surface area (Å²) in [5.74, 6) is 4.63. The predicted molar refractivity (Wildman–Crippen MR) is 125 cm³/mol. The van der Waals surface area contributed by atoms with Crippen LogP contribution in [0, 0.1) is 11.8 Å². The summed E-state index contributed by atoms with van der Waals surface area (Å²) in [5.41, 5.74) is 0.300. The highest BCUT2D eigenvalue weighted by molar-refractivity contribution is 6.10. The number of ether oxygens (including phenoxy) is 2. The molecule has 2 aromatic heterocycles. The topological polar surface area (TPSA) is 140 Å². The molecule has 4 amide bonds. The molecule has 1 fully saturated rings. The number of carbonyl (C=O) groups excluding carboxylic acids is 4. The van der Waals surface area contributed by atoms with Gasteiger partial charge < -0.3 is 19.7 Å². The Hall–Kier alpha value is -4.98. The van der Waals surface area contributed by atoms with Crippen molar-refractivity contribution in [3.63, 3.8) is 0 Å². The third-order valence-electron chi connectivity index (χ3n) is 5.97. The number of methoxy groups -OCH3 is 2. The second-order valence-electron chi connectivity index (χ2n) is 8.19. The quantitative estimate of drug-likeness (QED) is 0.317. The van der Waals surface area contributed by atoms with Gasteiger partial charge in [0, 0.05) is 29.9 Å². The average Bonchev–Trinajstić information content (AvgIpc) is 3.35. The van der Waals surface area contributed by atoms with Gasteiger partial charge in [0.15, 0.2) is 0 Å². The number of esters is 1. The van der Waals surface area contributed by atoms with E-state index in [9.17, 15) is 19.2 Å². The molecule has 5 rings (SSSR count). The Labute approximate surface area is 204 Å². The van der Waals surface area contributed by atoms with Crippen molar-refractivity contribution in [2.24, 2.45) is 0 Å². The largest absolute Gasteiger partial charge is 0.497 e. The maximum atomic E-state index is 13.1. The minimum absolute atomic E-state index is 0.0803. The molecule has 0 bridgehead atoms. The molecule has 180 valence electrons. The van der Waals surface area contributed by atoms with E-state index >= 15 is 0 Å². The fourth-order valence-electron chi connectivity index (χ4n) is 4.14. The molecule has 11 nitrogen and oxygen atoms in total. The lowest BCUT2D eigenvalue weighted by atomic mass is 9.99. The maximum Gasteiger partial charge on any atom is 0.356 e. The number of urea groups is 1. The van der Waals surface area contributed by atoms with Gasteiger partial charge in [0.25, 0.3) is 11.8 Å². The van der Waals surface area contributed by atoms with Crippen LogP contribution in [0.2, 0.25) is 0 Å². The lowest BCUT2D eigenvalue weighted by Gasteiger charge is -2.26. The Morgan fingerprint density at radius 1 is 1.17 bits per heavy atom. The number of hydrogen-bond acceptors (Lipinski definition) is 8. The standard InChI is InChI=1S/C25H19N5O6/c1-35-17-5-3-16-12-30(21(31)18(16)9-17)13-25(23(33)28-24(34)29-25)8-7-15-11-26-10-14-4-6-19(22(32)36-2)27-20(14)15/h3-6,9-11H,12-13H2,1-2H3,(H2,28,29,33,34)/t25-/m1/s1. The van der Waals surface area contributed by atoms with Crippen LogP contribution >= 0.6 is 0 Å². The van der Waals surface area contributed by atoms with Gasteiger partial charge in [0.2, 0.25) is 5.54 Å². The molecule has 1 saturated heterocycles. The third kappa shape index (κ3) is 3.84. The molecule has 4 heterocycles. The van der Waals surface area contributed by atoms with E-state index in [4.69, 9.17) is 9.47 Å². The Morgan fingerprint density at radius 2 is 2.00 bits per heavy atom. The molecule has 0 unspecified atom stereocenters. The van der Waals surface area contributed by atoms with E-state index in [2.05, 4.69) is 32.4 Å². The number of nitrogens with one attached hydrogen (secondary N) is 2. The van der Waals surface area contributed by atoms with Crippen LogP contribution in [-0.2, 0) is 16.1 Å². The number of nitrogens with zero attached hydrogens (tertiary/aromatic N) is 3. The van der Waals surface area contributed by atoms with Gasteiger partial charge in [-0.3, -0.25) is 19.9 Å². The van der Waals surface area contributed by atoms with E-state index in [0.717, 1.165) is 5.56 Å². The molecule has 2 aliphatic heterocycles. The number of benzene rings is 1. The number of aromatic nitrogens is 2. The van der Waals surface area contributed by atoms with Crippen LogP contribution in [0.15, 0.2) is 42.7 Å². The van der Waals surface area contributed by atoms with Gasteiger partial charge in [-0.05, 0) is 29.8 Å². The van der Waals surface area contributed by atoms with Crippen molar-refractivity contribution in [3.05, 3.63) is 65.1 Å². The zero-order valence-corrected chi connectivity index (χ0v) is 19.2. The molecule has 2 aliphatic rings. The Morgan fingerprint density at radius 3 is 2.72 bits per heavy atom. The van der Waals surface area contributed by atoms with Gasteiger partial charge in [-0.15, -0.1) is 0 Å². The van der Waals surface area contributed by atoms with Crippen molar-refractivity contribution in [1.82, 2.24) is 25.5 Å². The van der Waals surface area contributed by atoms with E-state index in [1.165, 1.54) is 31.4 Å². The van der Waals surface area contributed by atoms with Crippen molar-refractivity contribution in [2.75, 3.05) is 20.8 Å². The summed E-state index contributed by atoms with van der Waals surface area (Å²) < 4.78 is 9.94. The number of carbonyl (C=O) groups is 4. The first-order valence-electron chi connectivity index (χ1n) is 10.8. The summed E-state index contributed by atoms with van der Waals surface area (Å²) in [6, 6.07) is 7.60. The van der Waals surface area contributed by atoms with E-state index in [1.54, 1.807) is 30.5 Å². The molecular formula is C25H19N5O6. The molecule has 2 N–H and O–H groups in total. The van der Waals surface area contributed by atoms with Gasteiger partial charge in [-0.2, -0.15) is 0 Å². The van der Waals surface area contributed by atoms with Gasteiger partial charge in [-0.1, -0.05) is 17.9 Å². The first kappa shape index (κ1) is 22.8. The molecule has 11 heteroatoms. The number of fused-ring (bicyclic) bond motifs is 2. The van der Waals surface area contributed by atoms with Gasteiger partial charge in [0.1, 0.15) is 11.4 Å². The van der Waals surface area contributed by atoms with E-state index in [1.807, 2.05) is 0 Å². The summed E-state index contributed by atoms with van der Waals surface area (Å²) in [5, 5.41) is 5.38. The summed E-state index contributed by atoms with van der Waals surface area (Å²) in [6.45, 7) is 0.0526.